The maximum Gasteiger partial charge on any atom is 0.549 e. The zero-order valence-corrected chi connectivity index (χ0v) is 7.99. The van der Waals surface area contributed by atoms with E-state index in [1.165, 1.54) is 0 Å². The molecule has 14 heavy (non-hydrogen) atoms. The van der Waals surface area contributed by atoms with E-state index >= 15 is 0 Å². The molecule has 0 aromatic rings. The van der Waals surface area contributed by atoms with Gasteiger partial charge in [-0.3, -0.25) is 4.79 Å². The van der Waals surface area contributed by atoms with Crippen LogP contribution in [-0.4, -0.2) is 18.7 Å². The number of hydrogen-bond acceptors (Lipinski definition) is 4. The van der Waals surface area contributed by atoms with Gasteiger partial charge in [0.15, 0.2) is 0 Å². The van der Waals surface area contributed by atoms with Crippen molar-refractivity contribution in [2.75, 3.05) is 6.61 Å². The van der Waals surface area contributed by atoms with Gasteiger partial charge >= 0.3 is 12.1 Å². The van der Waals surface area contributed by atoms with Crippen molar-refractivity contribution in [3.63, 3.8) is 0 Å². The minimum atomic E-state index is -1.49. The van der Waals surface area contributed by atoms with Gasteiger partial charge in [-0.15, -0.1) is 0 Å². The van der Waals surface area contributed by atoms with E-state index in [2.05, 4.69) is 16.6 Å². The first-order valence-corrected chi connectivity index (χ1v) is 4.45. The van der Waals surface area contributed by atoms with Gasteiger partial charge in [-0.25, -0.2) is 0 Å². The Balaban J connectivity index is 3.06. The monoisotopic (exact) mass is 202 g/mol. The largest absolute Gasteiger partial charge is 0.549 e. The molecule has 5 heteroatoms. The molecule has 0 N–H and O–H groups in total. The summed E-state index contributed by atoms with van der Waals surface area (Å²) in [6.07, 6.45) is 1.88. The van der Waals surface area contributed by atoms with Crippen LogP contribution in [0.1, 0.15) is 32.1 Å². The summed E-state index contributed by atoms with van der Waals surface area (Å²) in [4.78, 5) is 20.4. The van der Waals surface area contributed by atoms with Crippen LogP contribution in [0.25, 0.3) is 0 Å². The highest BCUT2D eigenvalue weighted by atomic mass is 16.7. The summed E-state index contributed by atoms with van der Waals surface area (Å²) < 4.78 is 8.40. The van der Waals surface area contributed by atoms with Gasteiger partial charge in [0.25, 0.3) is 0 Å². The fourth-order valence-electron chi connectivity index (χ4n) is 0.953. The average Bonchev–Trinajstić information content (AvgIpc) is 2.15. The molecule has 0 fully saturated rings. The second-order valence-electron chi connectivity index (χ2n) is 2.78. The zero-order valence-electron chi connectivity index (χ0n) is 7.99. The van der Waals surface area contributed by atoms with E-state index in [4.69, 9.17) is 0 Å². The third kappa shape index (κ3) is 8.83. The molecule has 0 atom stereocenters. The molecule has 5 nitrogen and oxygen atoms in total. The molecule has 0 saturated heterocycles. The van der Waals surface area contributed by atoms with Crippen LogP contribution in [0.5, 0.6) is 0 Å². The molecule has 0 rings (SSSR count). The van der Waals surface area contributed by atoms with Gasteiger partial charge in [0.05, 0.1) is 6.61 Å². The lowest BCUT2D eigenvalue weighted by Gasteiger charge is -2.00. The first kappa shape index (κ1) is 12.7. The third-order valence-electron chi connectivity index (χ3n) is 1.66. The highest BCUT2D eigenvalue weighted by Crippen LogP contribution is 2.04. The lowest BCUT2D eigenvalue weighted by atomic mass is 10.1. The molecule has 0 aliphatic carbocycles. The first-order valence-electron chi connectivity index (χ1n) is 4.45. The maximum atomic E-state index is 10.6. The number of carbonyl (C=O) groups excluding carboxylic acids is 2. The number of esters is 1. The van der Waals surface area contributed by atoms with Gasteiger partial charge in [-0.1, -0.05) is 12.8 Å². The first-order chi connectivity index (χ1) is 6.66. The second kappa shape index (κ2) is 8.34. The minimum absolute atomic E-state index is 0.155. The van der Waals surface area contributed by atoms with Gasteiger partial charge in [0.1, 0.15) is 7.11 Å². The molecule has 0 aliphatic rings. The van der Waals surface area contributed by atoms with Crippen LogP contribution in [0, 0.1) is 7.11 Å². The predicted octanol–water partition coefficient (Wildman–Crippen LogP) is 1.84. The van der Waals surface area contributed by atoms with Gasteiger partial charge < -0.3 is 9.47 Å². The van der Waals surface area contributed by atoms with Crippen LogP contribution in [0.2, 0.25) is 0 Å². The smallest absolute Gasteiger partial charge is 0.462 e. The van der Waals surface area contributed by atoms with E-state index in [0.29, 0.717) is 12.8 Å². The molecule has 0 bridgehead atoms. The lowest BCUT2D eigenvalue weighted by Crippen LogP contribution is -2.01. The van der Waals surface area contributed by atoms with Gasteiger partial charge in [0.2, 0.25) is 0 Å². The quantitative estimate of drug-likeness (QED) is 0.466. The topological polar surface area (TPSA) is 72.5 Å². The van der Waals surface area contributed by atoms with Crippen molar-refractivity contribution in [2.45, 2.75) is 32.1 Å². The number of carbonyl (C=O) groups is 2. The molecule has 0 aromatic carbocycles. The number of unbranched alkanes of at least 4 members (excludes halogenated alkanes) is 3. The van der Waals surface area contributed by atoms with Crippen LogP contribution < -0.4 is 0 Å². The van der Waals surface area contributed by atoms with Crippen LogP contribution in [-0.2, 0) is 19.4 Å². The number of hydrogen-bond donors (Lipinski definition) is 0. The normalized spacial score (nSPS) is 9.50. The summed E-state index contributed by atoms with van der Waals surface area (Å²) in [6, 6.07) is 0. The summed E-state index contributed by atoms with van der Waals surface area (Å²) in [5.41, 5.74) is 0. The van der Waals surface area contributed by atoms with E-state index in [1.54, 1.807) is 0 Å². The fourth-order valence-corrected chi connectivity index (χ4v) is 0.953. The third-order valence-corrected chi connectivity index (χ3v) is 1.66. The van der Waals surface area contributed by atoms with Crippen LogP contribution in [0.15, 0.2) is 0 Å². The highest BCUT2D eigenvalue weighted by Gasteiger charge is 2.00. The molecule has 0 amide bonds. The van der Waals surface area contributed by atoms with E-state index in [-0.39, 0.29) is 12.6 Å². The second-order valence-corrected chi connectivity index (χ2v) is 2.78. The molecule has 0 aromatic heterocycles. The summed E-state index contributed by atoms with van der Waals surface area (Å²) in [5, 5.41) is 9.81. The van der Waals surface area contributed by atoms with Crippen LogP contribution in [0.4, 0.5) is 4.79 Å². The standard InChI is InChI=1S/C9H14O5/c1-13-8(10)6-4-2-3-5-7-14-9(11)12/h1-7H2. The van der Waals surface area contributed by atoms with Crippen molar-refractivity contribution >= 4 is 12.1 Å². The summed E-state index contributed by atoms with van der Waals surface area (Å²) in [5.74, 6) is -0.323. The number of ether oxygens (including phenoxy) is 2. The Bertz CT molecular complexity index is 178. The summed E-state index contributed by atoms with van der Waals surface area (Å²) in [6.45, 7) is 0.155. The molecule has 2 radical (unpaired) electrons. The van der Waals surface area contributed by atoms with E-state index in [0.717, 1.165) is 19.3 Å². The van der Waals surface area contributed by atoms with Crippen molar-refractivity contribution in [1.82, 2.24) is 0 Å². The van der Waals surface area contributed by atoms with Crippen LogP contribution >= 0.6 is 0 Å². The SMILES string of the molecule is [CH2]OC(=O)CCCCCCOC([O])=O. The summed E-state index contributed by atoms with van der Waals surface area (Å²) in [7, 11) is 2.99. The molecule has 0 spiro atoms. The Morgan fingerprint density at radius 2 is 1.71 bits per heavy atom. The van der Waals surface area contributed by atoms with E-state index < -0.39 is 6.16 Å². The zero-order chi connectivity index (χ0) is 10.8. The van der Waals surface area contributed by atoms with Gasteiger partial charge in [-0.05, 0) is 12.8 Å². The molecule has 0 unspecified atom stereocenters. The van der Waals surface area contributed by atoms with Crippen molar-refractivity contribution in [3.05, 3.63) is 7.11 Å². The highest BCUT2D eigenvalue weighted by molar-refractivity contribution is 5.69. The molecule has 0 saturated carbocycles. The molecule has 0 heterocycles. The van der Waals surface area contributed by atoms with Gasteiger partial charge in [0, 0.05) is 6.42 Å². The fraction of sp³-hybridized carbons (Fsp3) is 0.667. The van der Waals surface area contributed by atoms with Crippen LogP contribution in [0.3, 0.4) is 0 Å². The Labute approximate surface area is 83.0 Å². The van der Waals surface area contributed by atoms with Crippen molar-refractivity contribution in [3.8, 4) is 0 Å². The number of rotatable bonds is 7. The Kier molecular flexibility index (Phi) is 7.59. The average molecular weight is 202 g/mol. The minimum Gasteiger partial charge on any atom is -0.462 e. The molecule has 80 valence electrons. The Hall–Kier alpha value is -1.26. The Morgan fingerprint density at radius 1 is 1.07 bits per heavy atom. The molecule has 0 aliphatic heterocycles. The van der Waals surface area contributed by atoms with E-state index in [1.807, 2.05) is 0 Å². The molecular formula is C9H14O5. The summed E-state index contributed by atoms with van der Waals surface area (Å²) >= 11 is 0. The predicted molar refractivity (Wildman–Crippen MR) is 46.6 cm³/mol. The van der Waals surface area contributed by atoms with Crippen molar-refractivity contribution < 1.29 is 24.2 Å². The van der Waals surface area contributed by atoms with Crippen molar-refractivity contribution in [1.29, 1.82) is 0 Å². The van der Waals surface area contributed by atoms with E-state index in [9.17, 15) is 14.7 Å². The molecular weight excluding hydrogens is 188 g/mol. The lowest BCUT2D eigenvalue weighted by molar-refractivity contribution is -0.138. The van der Waals surface area contributed by atoms with Gasteiger partial charge in [-0.2, -0.15) is 9.90 Å². The maximum absolute atomic E-state index is 10.6. The Morgan fingerprint density at radius 3 is 2.29 bits per heavy atom. The van der Waals surface area contributed by atoms with Crippen molar-refractivity contribution in [2.24, 2.45) is 0 Å².